The van der Waals surface area contributed by atoms with Gasteiger partial charge < -0.3 is 100 Å². The van der Waals surface area contributed by atoms with Crippen molar-refractivity contribution in [1.29, 1.82) is 0 Å². The van der Waals surface area contributed by atoms with Gasteiger partial charge in [0.2, 0.25) is 11.8 Å². The molecule has 18 atom stereocenters. The topological polar surface area (TPSA) is 373 Å². The van der Waals surface area contributed by atoms with E-state index in [-0.39, 0.29) is 12.3 Å². The van der Waals surface area contributed by atoms with Gasteiger partial charge in [-0.25, -0.2) is 4.79 Å². The van der Waals surface area contributed by atoms with Crippen molar-refractivity contribution in [2.45, 2.75) is 342 Å². The number of carbonyl (C=O) groups excluding carboxylic acids is 2. The first-order chi connectivity index (χ1) is 43.4. The second-order valence-corrected chi connectivity index (χ2v) is 25.0. The molecule has 3 rings (SSSR count). The van der Waals surface area contributed by atoms with Crippen LogP contribution in [0.3, 0.4) is 0 Å². The molecule has 23 nitrogen and oxygen atoms in total. The molecule has 23 heteroatoms. The standard InChI is InChI=1S/C67H120N2O21/c1-4-6-8-10-12-14-16-18-19-20-21-22-23-24-25-26-27-29-30-32-34-36-38-40-49(74)48(69-54(77)41-39-37-35-33-31-28-17-15-13-11-9-7-5-2)46-85-64-59(81)58(80)61(53(45-72)87-64)88-65-60(82)63(57(79)52(44-71)86-65)90-67(66(83)84)42-50(75)55(68-47(3)73)62(89-67)56(78)51(76)43-70/h28,31,35,37-38,40,48-53,55-65,70-72,74-76,78-82H,4-27,29-30,32-34,36,39,41-46H2,1-3H3,(H,68,73)(H,69,77)(H,83,84)/b31-28-,37-35-,40-38+. The smallest absolute Gasteiger partial charge is 0.364 e. The molecule has 3 aliphatic heterocycles. The average Bonchev–Trinajstić information content (AvgIpc) is 0.834. The van der Waals surface area contributed by atoms with Gasteiger partial charge in [0, 0.05) is 19.8 Å². The number of hydrogen-bond donors (Lipinski definition) is 14. The van der Waals surface area contributed by atoms with E-state index in [0.717, 1.165) is 45.4 Å². The molecular formula is C67H120N2O21. The van der Waals surface area contributed by atoms with Crippen molar-refractivity contribution in [2.24, 2.45) is 0 Å². The highest BCUT2D eigenvalue weighted by atomic mass is 16.8. The van der Waals surface area contributed by atoms with Crippen LogP contribution in [0.4, 0.5) is 0 Å². The minimum atomic E-state index is -3.09. The maximum absolute atomic E-state index is 13.4. The SMILES string of the molecule is CCCCCCCC/C=C\C/C=C\CCC(=O)NC(COC1OC(CO)C(OC2OC(CO)C(O)C(OC3(C(=O)O)CC(O)C(NC(C)=O)C(C(O)C(O)CO)O3)C2O)C(O)C1O)C(O)/C=C/CCCCCCCCCCCCCCCCCCCCCCC. The summed E-state index contributed by atoms with van der Waals surface area (Å²) in [4.78, 5) is 38.4. The molecule has 0 aromatic carbocycles. The number of aliphatic carboxylic acids is 1. The van der Waals surface area contributed by atoms with E-state index in [1.807, 2.05) is 18.2 Å². The highest BCUT2D eigenvalue weighted by Gasteiger charge is 2.60. The molecule has 3 aliphatic rings. The maximum Gasteiger partial charge on any atom is 0.364 e. The zero-order chi connectivity index (χ0) is 66.1. The molecule has 0 aromatic heterocycles. The third-order valence-corrected chi connectivity index (χ3v) is 17.3. The summed E-state index contributed by atoms with van der Waals surface area (Å²) in [5, 5.41) is 136. The second-order valence-electron chi connectivity index (χ2n) is 25.0. The van der Waals surface area contributed by atoms with Gasteiger partial charge in [-0.05, 0) is 38.5 Å². The summed E-state index contributed by atoms with van der Waals surface area (Å²) in [5.41, 5.74) is 0. The van der Waals surface area contributed by atoms with Crippen LogP contribution < -0.4 is 10.6 Å². The Morgan fingerprint density at radius 1 is 0.589 bits per heavy atom. The number of carbonyl (C=O) groups is 3. The maximum atomic E-state index is 13.4. The molecule has 3 saturated heterocycles. The van der Waals surface area contributed by atoms with E-state index in [0.29, 0.717) is 12.8 Å². The lowest BCUT2D eigenvalue weighted by molar-refractivity contribution is -0.386. The monoisotopic (exact) mass is 1290 g/mol. The van der Waals surface area contributed by atoms with Crippen molar-refractivity contribution >= 4 is 17.8 Å². The molecule has 0 aliphatic carbocycles. The number of ether oxygens (including phenoxy) is 6. The minimum Gasteiger partial charge on any atom is -0.477 e. The summed E-state index contributed by atoms with van der Waals surface area (Å²) >= 11 is 0. The van der Waals surface area contributed by atoms with Gasteiger partial charge in [-0.15, -0.1) is 0 Å². The quantitative estimate of drug-likeness (QED) is 0.0251. The van der Waals surface area contributed by atoms with Crippen LogP contribution in [0.15, 0.2) is 36.5 Å². The van der Waals surface area contributed by atoms with Crippen molar-refractivity contribution < 1.29 is 104 Å². The number of nitrogens with one attached hydrogen (secondary N) is 2. The number of rotatable bonds is 51. The average molecular weight is 1290 g/mol. The molecule has 3 heterocycles. The number of unbranched alkanes of at least 4 members (excludes halogenated alkanes) is 27. The second kappa shape index (κ2) is 47.8. The molecule has 0 spiro atoms. The van der Waals surface area contributed by atoms with Gasteiger partial charge in [0.15, 0.2) is 12.6 Å². The molecular weight excluding hydrogens is 1170 g/mol. The molecule has 0 aromatic rings. The van der Waals surface area contributed by atoms with Gasteiger partial charge in [0.05, 0.1) is 50.7 Å². The molecule has 524 valence electrons. The zero-order valence-electron chi connectivity index (χ0n) is 54.5. The van der Waals surface area contributed by atoms with Gasteiger partial charge in [0.1, 0.15) is 67.1 Å². The summed E-state index contributed by atoms with van der Waals surface area (Å²) in [7, 11) is 0. The van der Waals surface area contributed by atoms with Gasteiger partial charge in [-0.3, -0.25) is 9.59 Å². The van der Waals surface area contributed by atoms with Crippen LogP contribution in [0.2, 0.25) is 0 Å². The van der Waals surface area contributed by atoms with E-state index in [1.165, 1.54) is 148 Å². The summed E-state index contributed by atoms with van der Waals surface area (Å²) < 4.78 is 34.7. The summed E-state index contributed by atoms with van der Waals surface area (Å²) in [6.45, 7) is 2.07. The molecule has 14 N–H and O–H groups in total. The molecule has 0 saturated carbocycles. The summed E-state index contributed by atoms with van der Waals surface area (Å²) in [6.07, 6.45) is 19.3. The molecule has 0 bridgehead atoms. The summed E-state index contributed by atoms with van der Waals surface area (Å²) in [5.74, 6) is -6.22. The van der Waals surface area contributed by atoms with Crippen LogP contribution in [-0.4, -0.2) is 215 Å². The fraction of sp³-hybridized carbons (Fsp3) is 0.866. The molecule has 2 amide bonds. The van der Waals surface area contributed by atoms with Crippen molar-refractivity contribution in [3.63, 3.8) is 0 Å². The van der Waals surface area contributed by atoms with E-state index < -0.39 is 155 Å². The van der Waals surface area contributed by atoms with Gasteiger partial charge >= 0.3 is 5.97 Å². The van der Waals surface area contributed by atoms with E-state index in [4.69, 9.17) is 28.4 Å². The van der Waals surface area contributed by atoms with E-state index in [9.17, 15) is 75.7 Å². The van der Waals surface area contributed by atoms with Crippen LogP contribution in [0.5, 0.6) is 0 Å². The van der Waals surface area contributed by atoms with Gasteiger partial charge in [-0.1, -0.05) is 211 Å². The number of hydrogen-bond acceptors (Lipinski definition) is 20. The Kier molecular flexibility index (Phi) is 43.1. The van der Waals surface area contributed by atoms with Crippen molar-refractivity contribution in [3.05, 3.63) is 36.5 Å². The highest BCUT2D eigenvalue weighted by molar-refractivity contribution is 5.77. The summed E-state index contributed by atoms with van der Waals surface area (Å²) in [6, 6.07) is -2.65. The predicted molar refractivity (Wildman–Crippen MR) is 338 cm³/mol. The number of aliphatic hydroxyl groups excluding tert-OH is 11. The molecule has 18 unspecified atom stereocenters. The van der Waals surface area contributed by atoms with Crippen LogP contribution in [0, 0.1) is 0 Å². The van der Waals surface area contributed by atoms with E-state index >= 15 is 0 Å². The van der Waals surface area contributed by atoms with Crippen LogP contribution in [-0.2, 0) is 42.8 Å². The third-order valence-electron chi connectivity index (χ3n) is 17.3. The van der Waals surface area contributed by atoms with E-state index in [1.54, 1.807) is 6.08 Å². The minimum absolute atomic E-state index is 0.0934. The van der Waals surface area contributed by atoms with Gasteiger partial charge in [-0.2, -0.15) is 0 Å². The van der Waals surface area contributed by atoms with E-state index in [2.05, 4.69) is 36.6 Å². The predicted octanol–water partition coefficient (Wildman–Crippen LogP) is 5.84. The molecule has 0 radical (unpaired) electrons. The number of carboxylic acids is 1. The first-order valence-electron chi connectivity index (χ1n) is 34.4. The first kappa shape index (κ1) is 81.2. The highest BCUT2D eigenvalue weighted by Crippen LogP contribution is 2.39. The Morgan fingerprint density at radius 2 is 1.08 bits per heavy atom. The third kappa shape index (κ3) is 30.1. The first-order valence-corrected chi connectivity index (χ1v) is 34.4. The lowest BCUT2D eigenvalue weighted by Crippen LogP contribution is -2.70. The van der Waals surface area contributed by atoms with Crippen LogP contribution >= 0.6 is 0 Å². The Morgan fingerprint density at radius 3 is 1.57 bits per heavy atom. The van der Waals surface area contributed by atoms with Crippen molar-refractivity contribution in [3.8, 4) is 0 Å². The Bertz CT molecular complexity index is 1970. The number of carboxylic acid groups (broad SMARTS) is 1. The number of aliphatic hydroxyl groups is 11. The lowest BCUT2D eigenvalue weighted by atomic mass is 9.88. The number of allylic oxidation sites excluding steroid dienone is 5. The Balaban J connectivity index is 1.60. The number of amides is 2. The fourth-order valence-electron chi connectivity index (χ4n) is 11.8. The largest absolute Gasteiger partial charge is 0.477 e. The van der Waals surface area contributed by atoms with Crippen molar-refractivity contribution in [2.75, 3.05) is 26.4 Å². The van der Waals surface area contributed by atoms with Crippen LogP contribution in [0.25, 0.3) is 0 Å². The Hall–Kier alpha value is -3.05. The van der Waals surface area contributed by atoms with Crippen molar-refractivity contribution in [1.82, 2.24) is 10.6 Å². The Labute approximate surface area is 536 Å². The lowest BCUT2D eigenvalue weighted by Gasteiger charge is -2.50. The van der Waals surface area contributed by atoms with Crippen LogP contribution in [0.1, 0.15) is 233 Å². The zero-order valence-corrected chi connectivity index (χ0v) is 54.5. The van der Waals surface area contributed by atoms with Gasteiger partial charge in [0.25, 0.3) is 5.79 Å². The normalized spacial score (nSPS) is 28.8. The molecule has 90 heavy (non-hydrogen) atoms. The molecule has 3 fully saturated rings. The fourth-order valence-corrected chi connectivity index (χ4v) is 11.8.